The molecule has 2 aromatic heterocycles. The summed E-state index contributed by atoms with van der Waals surface area (Å²) >= 11 is 1.68. The monoisotopic (exact) mass is 538 g/mol. The second-order valence-corrected chi connectivity index (χ2v) is 8.09. The molecule has 0 aliphatic carbocycles. The van der Waals surface area contributed by atoms with Gasteiger partial charge in [-0.15, -0.1) is 35.3 Å². The summed E-state index contributed by atoms with van der Waals surface area (Å²) in [5.41, 5.74) is 2.42. The van der Waals surface area contributed by atoms with Gasteiger partial charge in [-0.05, 0) is 18.4 Å². The number of hydrogen-bond donors (Lipinski definition) is 2. The molecular weight excluding hydrogens is 507 g/mol. The lowest BCUT2D eigenvalue weighted by molar-refractivity contribution is 0.694. The van der Waals surface area contributed by atoms with Gasteiger partial charge in [0.05, 0.1) is 12.2 Å². The predicted molar refractivity (Wildman–Crippen MR) is 136 cm³/mol. The minimum atomic E-state index is 0. The third kappa shape index (κ3) is 7.39. The summed E-state index contributed by atoms with van der Waals surface area (Å²) in [6.07, 6.45) is 4.74. The number of rotatable bonds is 9. The van der Waals surface area contributed by atoms with Crippen LogP contribution in [0.2, 0.25) is 0 Å². The zero-order valence-corrected chi connectivity index (χ0v) is 21.0. The van der Waals surface area contributed by atoms with E-state index in [0.29, 0.717) is 12.5 Å². The van der Waals surface area contributed by atoms with E-state index in [1.54, 1.807) is 11.3 Å². The van der Waals surface area contributed by atoms with Crippen molar-refractivity contribution in [3.8, 4) is 0 Å². The van der Waals surface area contributed by atoms with E-state index in [1.807, 2.05) is 18.5 Å². The molecule has 6 nitrogen and oxygen atoms in total. The Morgan fingerprint density at radius 1 is 1.20 bits per heavy atom. The standard InChI is InChI=1S/C22H30N6S.HI/c1-4-23-22(26-14-21-27-19(16-29-21)17(2)3)25-11-10-20-24-12-13-28(20)15-18-8-6-5-7-9-18;/h5-9,12-13,16-17H,4,10-11,14-15H2,1-3H3,(H2,23,25,26);1H. The highest BCUT2D eigenvalue weighted by molar-refractivity contribution is 14.0. The Morgan fingerprint density at radius 3 is 2.70 bits per heavy atom. The van der Waals surface area contributed by atoms with Crippen LogP contribution in [-0.2, 0) is 19.5 Å². The average Bonchev–Trinajstić information content (AvgIpc) is 3.37. The van der Waals surface area contributed by atoms with Crippen molar-refractivity contribution in [2.24, 2.45) is 4.99 Å². The van der Waals surface area contributed by atoms with E-state index < -0.39 is 0 Å². The molecule has 0 saturated carbocycles. The minimum Gasteiger partial charge on any atom is -0.357 e. The molecule has 1 aromatic carbocycles. The van der Waals surface area contributed by atoms with Gasteiger partial charge in [0.15, 0.2) is 5.96 Å². The first kappa shape index (κ1) is 24.3. The molecule has 8 heteroatoms. The van der Waals surface area contributed by atoms with Gasteiger partial charge >= 0.3 is 0 Å². The van der Waals surface area contributed by atoms with Crippen LogP contribution >= 0.6 is 35.3 Å². The van der Waals surface area contributed by atoms with Crippen LogP contribution in [0.25, 0.3) is 0 Å². The minimum absolute atomic E-state index is 0. The Morgan fingerprint density at radius 2 is 2.00 bits per heavy atom. The number of imidazole rings is 1. The lowest BCUT2D eigenvalue weighted by Gasteiger charge is -2.12. The van der Waals surface area contributed by atoms with Crippen molar-refractivity contribution in [1.82, 2.24) is 25.2 Å². The smallest absolute Gasteiger partial charge is 0.191 e. The Balaban J connectivity index is 0.00000320. The van der Waals surface area contributed by atoms with E-state index in [1.165, 1.54) is 5.56 Å². The van der Waals surface area contributed by atoms with E-state index in [9.17, 15) is 0 Å². The maximum atomic E-state index is 4.68. The van der Waals surface area contributed by atoms with E-state index in [4.69, 9.17) is 0 Å². The lowest BCUT2D eigenvalue weighted by atomic mass is 10.2. The number of hydrogen-bond acceptors (Lipinski definition) is 4. The highest BCUT2D eigenvalue weighted by atomic mass is 127. The van der Waals surface area contributed by atoms with Crippen LogP contribution in [0, 0.1) is 0 Å². The molecule has 3 aromatic rings. The molecule has 0 amide bonds. The number of nitrogens with zero attached hydrogens (tertiary/aromatic N) is 4. The molecule has 0 bridgehead atoms. The molecule has 30 heavy (non-hydrogen) atoms. The number of guanidine groups is 1. The summed E-state index contributed by atoms with van der Waals surface area (Å²) < 4.78 is 2.20. The molecule has 0 aliphatic heterocycles. The van der Waals surface area contributed by atoms with Gasteiger partial charge in [0.1, 0.15) is 10.8 Å². The van der Waals surface area contributed by atoms with E-state index in [2.05, 4.69) is 80.6 Å². The van der Waals surface area contributed by atoms with Gasteiger partial charge in [0, 0.05) is 43.8 Å². The van der Waals surface area contributed by atoms with Crippen LogP contribution in [0.5, 0.6) is 0 Å². The summed E-state index contributed by atoms with van der Waals surface area (Å²) in [4.78, 5) is 13.9. The lowest BCUT2D eigenvalue weighted by Crippen LogP contribution is -2.38. The Labute approximate surface area is 200 Å². The molecule has 0 spiro atoms. The molecule has 0 fully saturated rings. The van der Waals surface area contributed by atoms with Gasteiger partial charge in [-0.2, -0.15) is 0 Å². The van der Waals surface area contributed by atoms with Gasteiger partial charge in [0.25, 0.3) is 0 Å². The number of aliphatic imine (C=N–C) groups is 1. The van der Waals surface area contributed by atoms with Crippen molar-refractivity contribution >= 4 is 41.3 Å². The van der Waals surface area contributed by atoms with Crippen molar-refractivity contribution in [3.05, 3.63) is 70.2 Å². The van der Waals surface area contributed by atoms with Gasteiger partial charge in [-0.3, -0.25) is 0 Å². The average molecular weight is 539 g/mol. The van der Waals surface area contributed by atoms with E-state index in [0.717, 1.165) is 48.5 Å². The molecule has 2 N–H and O–H groups in total. The number of thiazole rings is 1. The van der Waals surface area contributed by atoms with Crippen molar-refractivity contribution in [1.29, 1.82) is 0 Å². The molecule has 0 unspecified atom stereocenters. The largest absolute Gasteiger partial charge is 0.357 e. The topological polar surface area (TPSA) is 67.1 Å². The molecule has 0 radical (unpaired) electrons. The van der Waals surface area contributed by atoms with Crippen molar-refractivity contribution in [3.63, 3.8) is 0 Å². The Kier molecular flexibility index (Phi) is 10.3. The summed E-state index contributed by atoms with van der Waals surface area (Å²) in [5.74, 6) is 2.34. The molecule has 162 valence electrons. The summed E-state index contributed by atoms with van der Waals surface area (Å²) in [7, 11) is 0. The number of halogens is 1. The third-order valence-corrected chi connectivity index (χ3v) is 5.37. The SMILES string of the molecule is CCNC(=NCc1nc(C(C)C)cs1)NCCc1nccn1Cc1ccccc1.I. The quantitative estimate of drug-likeness (QED) is 0.241. The Hall–Kier alpha value is -1.94. The maximum absolute atomic E-state index is 4.68. The molecule has 3 rings (SSSR count). The van der Waals surface area contributed by atoms with Crippen LogP contribution in [0.3, 0.4) is 0 Å². The molecule has 0 atom stereocenters. The molecule has 0 saturated heterocycles. The molecular formula is C22H31IN6S. The number of nitrogens with one attached hydrogen (secondary N) is 2. The van der Waals surface area contributed by atoms with Crippen LogP contribution in [0.15, 0.2) is 53.1 Å². The first-order valence-corrected chi connectivity index (χ1v) is 11.0. The fraction of sp³-hybridized carbons (Fsp3) is 0.409. The van der Waals surface area contributed by atoms with Gasteiger partial charge in [-0.1, -0.05) is 44.2 Å². The van der Waals surface area contributed by atoms with Crippen LogP contribution in [0.1, 0.15) is 48.8 Å². The van der Waals surface area contributed by atoms with Crippen molar-refractivity contribution < 1.29 is 0 Å². The van der Waals surface area contributed by atoms with Gasteiger partial charge in [-0.25, -0.2) is 15.0 Å². The van der Waals surface area contributed by atoms with Gasteiger partial charge < -0.3 is 15.2 Å². The Bertz CT molecular complexity index is 903. The van der Waals surface area contributed by atoms with Gasteiger partial charge in [0.2, 0.25) is 0 Å². The van der Waals surface area contributed by atoms with Crippen molar-refractivity contribution in [2.75, 3.05) is 13.1 Å². The highest BCUT2D eigenvalue weighted by Crippen LogP contribution is 2.18. The third-order valence-electron chi connectivity index (χ3n) is 4.52. The normalized spacial score (nSPS) is 11.4. The van der Waals surface area contributed by atoms with Crippen molar-refractivity contribution in [2.45, 2.75) is 46.2 Å². The fourth-order valence-corrected chi connectivity index (χ4v) is 3.82. The molecule has 0 aliphatic rings. The second kappa shape index (κ2) is 12.7. The second-order valence-electron chi connectivity index (χ2n) is 7.15. The van der Waals surface area contributed by atoms with Crippen LogP contribution < -0.4 is 10.6 Å². The fourth-order valence-electron chi connectivity index (χ4n) is 2.94. The molecule has 2 heterocycles. The maximum Gasteiger partial charge on any atom is 0.191 e. The van der Waals surface area contributed by atoms with Crippen LogP contribution in [0.4, 0.5) is 0 Å². The zero-order chi connectivity index (χ0) is 20.5. The van der Waals surface area contributed by atoms with E-state index in [-0.39, 0.29) is 24.0 Å². The zero-order valence-electron chi connectivity index (χ0n) is 17.8. The first-order valence-electron chi connectivity index (χ1n) is 10.2. The summed E-state index contributed by atoms with van der Waals surface area (Å²) in [6.45, 7) is 9.42. The first-order chi connectivity index (χ1) is 14.2. The number of aromatic nitrogens is 3. The van der Waals surface area contributed by atoms with E-state index >= 15 is 0 Å². The highest BCUT2D eigenvalue weighted by Gasteiger charge is 2.07. The predicted octanol–water partition coefficient (Wildman–Crippen LogP) is 4.43. The number of benzene rings is 1. The summed E-state index contributed by atoms with van der Waals surface area (Å²) in [5, 5.41) is 9.89. The van der Waals surface area contributed by atoms with Crippen LogP contribution in [-0.4, -0.2) is 33.6 Å². The summed E-state index contributed by atoms with van der Waals surface area (Å²) in [6, 6.07) is 10.5.